The molecule has 0 aromatic carbocycles. The Morgan fingerprint density at radius 3 is 1.78 bits per heavy atom. The van der Waals surface area contributed by atoms with Crippen LogP contribution in [0.25, 0.3) is 0 Å². The molecule has 6 heteroatoms. The molecule has 0 aliphatic rings. The van der Waals surface area contributed by atoms with Gasteiger partial charge >= 0.3 is 14.8 Å². The number of hydrogen-bond acceptors (Lipinski definition) is 5. The van der Waals surface area contributed by atoms with Crippen LogP contribution in [0.4, 0.5) is 0 Å². The number of carbonyl (C=O) groups excluding carboxylic acids is 1. The van der Waals surface area contributed by atoms with Gasteiger partial charge in [-0.25, -0.2) is 4.79 Å². The largest absolute Gasteiger partial charge is 0.500 e. The minimum absolute atomic E-state index is 0.240. The molecule has 136 valence electrons. The smallest absolute Gasteiger partial charge is 0.463 e. The topological polar surface area (TPSA) is 54.0 Å². The van der Waals surface area contributed by atoms with Gasteiger partial charge in [0.25, 0.3) is 0 Å². The van der Waals surface area contributed by atoms with Crippen molar-refractivity contribution >= 4 is 14.8 Å². The first-order valence-corrected chi connectivity index (χ1v) is 10.5. The van der Waals surface area contributed by atoms with Crippen molar-refractivity contribution in [3.63, 3.8) is 0 Å². The van der Waals surface area contributed by atoms with Crippen LogP contribution in [-0.4, -0.2) is 42.7 Å². The van der Waals surface area contributed by atoms with Gasteiger partial charge in [0.2, 0.25) is 0 Å². The molecule has 0 aromatic heterocycles. The van der Waals surface area contributed by atoms with Crippen molar-refractivity contribution in [2.45, 2.75) is 64.3 Å². The summed E-state index contributed by atoms with van der Waals surface area (Å²) in [4.78, 5) is 11.1. The van der Waals surface area contributed by atoms with Gasteiger partial charge in [-0.05, 0) is 19.8 Å². The Morgan fingerprint density at radius 1 is 0.826 bits per heavy atom. The molecule has 0 aliphatic carbocycles. The third kappa shape index (κ3) is 11.5. The van der Waals surface area contributed by atoms with Crippen LogP contribution in [0.3, 0.4) is 0 Å². The number of rotatable bonds is 15. The van der Waals surface area contributed by atoms with Gasteiger partial charge in [-0.15, -0.1) is 0 Å². The first-order chi connectivity index (χ1) is 11.1. The van der Waals surface area contributed by atoms with Crippen molar-refractivity contribution in [2.24, 2.45) is 0 Å². The zero-order valence-corrected chi connectivity index (χ0v) is 16.3. The highest BCUT2D eigenvalue weighted by Crippen LogP contribution is 2.18. The van der Waals surface area contributed by atoms with Gasteiger partial charge in [0, 0.05) is 33.4 Å². The summed E-state index contributed by atoms with van der Waals surface area (Å²) in [6.45, 7) is 2.34. The molecule has 0 unspecified atom stereocenters. The van der Waals surface area contributed by atoms with Crippen molar-refractivity contribution in [1.29, 1.82) is 0 Å². The second-order valence-electron chi connectivity index (χ2n) is 5.54. The summed E-state index contributed by atoms with van der Waals surface area (Å²) in [5.74, 6) is -0.240. The lowest BCUT2D eigenvalue weighted by Gasteiger charge is -2.24. The van der Waals surface area contributed by atoms with E-state index in [1.807, 2.05) is 6.92 Å². The molecule has 0 bridgehead atoms. The van der Waals surface area contributed by atoms with Crippen LogP contribution in [-0.2, 0) is 22.8 Å². The fraction of sp³-hybridized carbons (Fsp3) is 0.824. The lowest BCUT2D eigenvalue weighted by atomic mass is 10.1. The van der Waals surface area contributed by atoms with Crippen LogP contribution in [0.15, 0.2) is 12.2 Å². The van der Waals surface area contributed by atoms with Crippen LogP contribution in [0.5, 0.6) is 0 Å². The highest BCUT2D eigenvalue weighted by Gasteiger charge is 2.36. The van der Waals surface area contributed by atoms with Crippen LogP contribution < -0.4 is 0 Å². The zero-order valence-electron chi connectivity index (χ0n) is 15.3. The van der Waals surface area contributed by atoms with Gasteiger partial charge in [0.1, 0.15) is 0 Å². The van der Waals surface area contributed by atoms with Gasteiger partial charge < -0.3 is 18.0 Å². The molecule has 0 heterocycles. The van der Waals surface area contributed by atoms with Crippen LogP contribution >= 0.6 is 0 Å². The van der Waals surface area contributed by atoms with E-state index in [1.165, 1.54) is 38.2 Å². The zero-order chi connectivity index (χ0) is 17.4. The summed E-state index contributed by atoms with van der Waals surface area (Å²) in [7, 11) is 2.62. The SMILES string of the molecule is CC=CC(=O)OCCCCCCCCCC[Si](OC)(OC)OC. The van der Waals surface area contributed by atoms with Gasteiger partial charge in [0.05, 0.1) is 6.61 Å². The monoisotopic (exact) mass is 346 g/mol. The molecule has 0 N–H and O–H groups in total. The lowest BCUT2D eigenvalue weighted by Crippen LogP contribution is -2.42. The molecule has 0 saturated heterocycles. The van der Waals surface area contributed by atoms with E-state index in [0.29, 0.717) is 6.61 Å². The van der Waals surface area contributed by atoms with Crippen molar-refractivity contribution < 1.29 is 22.8 Å². The fourth-order valence-corrected chi connectivity index (χ4v) is 4.21. The average Bonchev–Trinajstić information content (AvgIpc) is 2.57. The van der Waals surface area contributed by atoms with Crippen molar-refractivity contribution in [3.8, 4) is 0 Å². The summed E-state index contributed by atoms with van der Waals surface area (Å²) >= 11 is 0. The molecule has 0 radical (unpaired) electrons. The van der Waals surface area contributed by atoms with Gasteiger partial charge in [-0.2, -0.15) is 0 Å². The maximum atomic E-state index is 11.1. The van der Waals surface area contributed by atoms with E-state index in [1.54, 1.807) is 27.4 Å². The van der Waals surface area contributed by atoms with E-state index < -0.39 is 8.80 Å². The van der Waals surface area contributed by atoms with Gasteiger partial charge in [0.15, 0.2) is 0 Å². The molecule has 0 amide bonds. The molecule has 0 saturated carbocycles. The number of unbranched alkanes of at least 4 members (excludes halogenated alkanes) is 7. The summed E-state index contributed by atoms with van der Waals surface area (Å²) in [5, 5.41) is 0. The fourth-order valence-electron chi connectivity index (χ4n) is 2.42. The maximum absolute atomic E-state index is 11.1. The van der Waals surface area contributed by atoms with E-state index >= 15 is 0 Å². The molecule has 0 aromatic rings. The molecule has 0 rings (SSSR count). The number of allylic oxidation sites excluding steroid dienone is 1. The highest BCUT2D eigenvalue weighted by molar-refractivity contribution is 6.60. The highest BCUT2D eigenvalue weighted by atomic mass is 28.4. The molecular formula is C17H34O5Si. The predicted molar refractivity (Wildman–Crippen MR) is 94.3 cm³/mol. The quantitative estimate of drug-likeness (QED) is 0.193. The summed E-state index contributed by atoms with van der Waals surface area (Å²) < 4.78 is 21.3. The van der Waals surface area contributed by atoms with Crippen molar-refractivity contribution in [2.75, 3.05) is 27.9 Å². The molecular weight excluding hydrogens is 312 g/mol. The van der Waals surface area contributed by atoms with Gasteiger partial charge in [-0.1, -0.05) is 44.6 Å². The Bertz CT molecular complexity index is 308. The minimum atomic E-state index is -2.37. The first-order valence-electron chi connectivity index (χ1n) is 8.59. The number of carbonyl (C=O) groups is 1. The normalized spacial score (nSPS) is 12.0. The van der Waals surface area contributed by atoms with Gasteiger partial charge in [-0.3, -0.25) is 0 Å². The number of hydrogen-bond donors (Lipinski definition) is 0. The third-order valence-electron chi connectivity index (χ3n) is 3.86. The van der Waals surface area contributed by atoms with Crippen LogP contribution in [0.2, 0.25) is 6.04 Å². The lowest BCUT2D eigenvalue weighted by molar-refractivity contribution is -0.137. The third-order valence-corrected chi connectivity index (χ3v) is 6.69. The Kier molecular flexibility index (Phi) is 14.4. The molecule has 0 atom stereocenters. The van der Waals surface area contributed by atoms with E-state index in [0.717, 1.165) is 25.3 Å². The Morgan fingerprint density at radius 2 is 1.30 bits per heavy atom. The van der Waals surface area contributed by atoms with E-state index in [4.69, 9.17) is 18.0 Å². The Hall–Kier alpha value is -0.693. The van der Waals surface area contributed by atoms with Crippen molar-refractivity contribution in [1.82, 2.24) is 0 Å². The van der Waals surface area contributed by atoms with Crippen LogP contribution in [0, 0.1) is 0 Å². The summed E-state index contributed by atoms with van der Waals surface area (Å²) in [6, 6.07) is 0.883. The summed E-state index contributed by atoms with van der Waals surface area (Å²) in [6.07, 6.45) is 12.4. The van der Waals surface area contributed by atoms with Crippen molar-refractivity contribution in [3.05, 3.63) is 12.2 Å². The Labute approximate surface area is 142 Å². The molecule has 5 nitrogen and oxygen atoms in total. The second kappa shape index (κ2) is 14.9. The van der Waals surface area contributed by atoms with E-state index in [2.05, 4.69) is 0 Å². The standard InChI is InChI=1S/C17H34O5Si/c1-5-14-17(18)22-15-12-10-8-6-7-9-11-13-16-23(19-2,20-3)21-4/h5,14H,6-13,15-16H2,1-4H3. The molecule has 0 fully saturated rings. The summed E-state index contributed by atoms with van der Waals surface area (Å²) in [5.41, 5.74) is 0. The van der Waals surface area contributed by atoms with E-state index in [9.17, 15) is 4.79 Å². The predicted octanol–water partition coefficient (Wildman–Crippen LogP) is 4.10. The minimum Gasteiger partial charge on any atom is -0.463 e. The number of ether oxygens (including phenoxy) is 1. The second-order valence-corrected chi connectivity index (χ2v) is 8.63. The van der Waals surface area contributed by atoms with Crippen LogP contribution in [0.1, 0.15) is 58.3 Å². The first kappa shape index (κ1) is 22.3. The average molecular weight is 347 g/mol. The number of esters is 1. The molecule has 23 heavy (non-hydrogen) atoms. The molecule has 0 spiro atoms. The van der Waals surface area contributed by atoms with E-state index in [-0.39, 0.29) is 5.97 Å². The maximum Gasteiger partial charge on any atom is 0.500 e. The Balaban J connectivity index is 3.39. The molecule has 0 aliphatic heterocycles.